The molecular formula is C16H13F4N3O2. The van der Waals surface area contributed by atoms with Crippen molar-refractivity contribution in [1.82, 2.24) is 4.98 Å². The lowest BCUT2D eigenvalue weighted by Crippen LogP contribution is -2.37. The number of carbonyl (C=O) groups excluding carboxylic acids is 1. The molecule has 0 aliphatic heterocycles. The Morgan fingerprint density at radius 3 is 2.48 bits per heavy atom. The number of hydrogen-bond acceptors (Lipinski definition) is 4. The van der Waals surface area contributed by atoms with Gasteiger partial charge >= 0.3 is 6.18 Å². The van der Waals surface area contributed by atoms with Crippen LogP contribution in [0.3, 0.4) is 0 Å². The molecule has 1 amide bonds. The van der Waals surface area contributed by atoms with E-state index < -0.39 is 29.0 Å². The Bertz CT molecular complexity index is 802. The minimum Gasteiger partial charge on any atom is -0.436 e. The molecule has 1 saturated carbocycles. The predicted octanol–water partition coefficient (Wildman–Crippen LogP) is 3.46. The molecule has 1 aliphatic rings. The van der Waals surface area contributed by atoms with Gasteiger partial charge in [0.2, 0.25) is 11.8 Å². The third kappa shape index (κ3) is 3.87. The van der Waals surface area contributed by atoms with Crippen molar-refractivity contribution in [2.75, 3.05) is 5.32 Å². The number of ether oxygens (including phenoxy) is 1. The summed E-state index contributed by atoms with van der Waals surface area (Å²) in [6, 6.07) is 5.43. The maximum atomic E-state index is 14.1. The van der Waals surface area contributed by atoms with Gasteiger partial charge < -0.3 is 15.8 Å². The molecule has 132 valence electrons. The number of anilines is 1. The number of alkyl halides is 3. The van der Waals surface area contributed by atoms with Gasteiger partial charge in [0.05, 0.1) is 11.1 Å². The van der Waals surface area contributed by atoms with Gasteiger partial charge in [-0.2, -0.15) is 13.2 Å². The van der Waals surface area contributed by atoms with E-state index in [1.807, 2.05) is 0 Å². The topological polar surface area (TPSA) is 77.2 Å². The molecule has 5 nitrogen and oxygen atoms in total. The Morgan fingerprint density at radius 1 is 1.24 bits per heavy atom. The molecule has 0 bridgehead atoms. The minimum atomic E-state index is -4.52. The van der Waals surface area contributed by atoms with Crippen molar-refractivity contribution in [3.63, 3.8) is 0 Å². The van der Waals surface area contributed by atoms with Gasteiger partial charge in [0.1, 0.15) is 0 Å². The summed E-state index contributed by atoms with van der Waals surface area (Å²) in [5, 5.41) is 2.50. The van der Waals surface area contributed by atoms with E-state index in [0.29, 0.717) is 19.0 Å². The first kappa shape index (κ1) is 17.2. The number of carbonyl (C=O) groups is 1. The zero-order valence-electron chi connectivity index (χ0n) is 12.7. The molecule has 1 heterocycles. The van der Waals surface area contributed by atoms with Gasteiger partial charge in [0.25, 0.3) is 0 Å². The lowest BCUT2D eigenvalue weighted by molar-refractivity contribution is -0.137. The Balaban J connectivity index is 1.70. The van der Waals surface area contributed by atoms with Crippen molar-refractivity contribution in [2.45, 2.75) is 24.6 Å². The number of rotatable bonds is 4. The molecule has 2 aromatic rings. The maximum absolute atomic E-state index is 14.1. The lowest BCUT2D eigenvalue weighted by atomic mass is 10.2. The number of pyridine rings is 1. The zero-order chi connectivity index (χ0) is 18.2. The van der Waals surface area contributed by atoms with Crippen LogP contribution < -0.4 is 15.8 Å². The van der Waals surface area contributed by atoms with Crippen molar-refractivity contribution in [3.8, 4) is 11.6 Å². The van der Waals surface area contributed by atoms with Gasteiger partial charge in [-0.15, -0.1) is 0 Å². The number of nitrogens with one attached hydrogen (secondary N) is 1. The van der Waals surface area contributed by atoms with Gasteiger partial charge in [-0.25, -0.2) is 9.37 Å². The van der Waals surface area contributed by atoms with E-state index in [-0.39, 0.29) is 17.3 Å². The third-order valence-electron chi connectivity index (χ3n) is 3.71. The Hall–Kier alpha value is -2.68. The molecule has 0 spiro atoms. The summed E-state index contributed by atoms with van der Waals surface area (Å²) in [6.07, 6.45) is -2.78. The second-order valence-electron chi connectivity index (χ2n) is 5.74. The molecule has 3 N–H and O–H groups in total. The average Bonchev–Trinajstić information content (AvgIpc) is 3.29. The monoisotopic (exact) mass is 355 g/mol. The van der Waals surface area contributed by atoms with Gasteiger partial charge in [0, 0.05) is 24.0 Å². The van der Waals surface area contributed by atoms with Crippen molar-refractivity contribution in [3.05, 3.63) is 47.9 Å². The van der Waals surface area contributed by atoms with Crippen LogP contribution >= 0.6 is 0 Å². The molecule has 1 fully saturated rings. The molecule has 0 atom stereocenters. The molecule has 0 radical (unpaired) electrons. The Labute approximate surface area is 139 Å². The fraction of sp³-hybridized carbons (Fsp3) is 0.250. The van der Waals surface area contributed by atoms with Crippen LogP contribution in [0.4, 0.5) is 23.2 Å². The average molecular weight is 355 g/mol. The van der Waals surface area contributed by atoms with Crippen LogP contribution in [0.25, 0.3) is 0 Å². The van der Waals surface area contributed by atoms with Crippen LogP contribution in [0, 0.1) is 5.82 Å². The van der Waals surface area contributed by atoms with E-state index in [2.05, 4.69) is 10.3 Å². The highest BCUT2D eigenvalue weighted by Gasteiger charge is 2.45. The number of nitrogens with zero attached hydrogens (tertiary/aromatic N) is 1. The normalized spacial score (nSPS) is 15.6. The maximum Gasteiger partial charge on any atom is 0.417 e. The third-order valence-corrected chi connectivity index (χ3v) is 3.71. The van der Waals surface area contributed by atoms with Crippen LogP contribution in [0.1, 0.15) is 18.4 Å². The van der Waals surface area contributed by atoms with E-state index in [1.54, 1.807) is 0 Å². The van der Waals surface area contributed by atoms with E-state index in [4.69, 9.17) is 10.5 Å². The second kappa shape index (κ2) is 5.99. The molecule has 1 aromatic carbocycles. The number of benzene rings is 1. The highest BCUT2D eigenvalue weighted by Crippen LogP contribution is 2.34. The van der Waals surface area contributed by atoms with Gasteiger partial charge in [-0.1, -0.05) is 0 Å². The summed E-state index contributed by atoms with van der Waals surface area (Å²) in [5.41, 5.74) is 4.10. The lowest BCUT2D eigenvalue weighted by Gasteiger charge is -2.12. The van der Waals surface area contributed by atoms with Gasteiger partial charge in [0.15, 0.2) is 11.6 Å². The van der Waals surface area contributed by atoms with Crippen molar-refractivity contribution >= 4 is 11.6 Å². The SMILES string of the molecule is NC1(C(=O)Nc2ccc(Oc3ccc(C(F)(F)F)cn3)c(F)c2)CC1. The second-order valence-corrected chi connectivity index (χ2v) is 5.74. The fourth-order valence-corrected chi connectivity index (χ4v) is 2.00. The molecule has 1 aromatic heterocycles. The Kier molecular flexibility index (Phi) is 4.11. The quantitative estimate of drug-likeness (QED) is 0.824. The minimum absolute atomic E-state index is 0.192. The molecule has 9 heteroatoms. The van der Waals surface area contributed by atoms with E-state index in [1.165, 1.54) is 12.1 Å². The molecule has 0 unspecified atom stereocenters. The van der Waals surface area contributed by atoms with Crippen molar-refractivity contribution < 1.29 is 27.1 Å². The van der Waals surface area contributed by atoms with Crippen LogP contribution in [0.15, 0.2) is 36.5 Å². The van der Waals surface area contributed by atoms with Crippen LogP contribution in [-0.2, 0) is 11.0 Å². The zero-order valence-corrected chi connectivity index (χ0v) is 12.7. The number of nitrogens with two attached hydrogens (primary N) is 1. The molecular weight excluding hydrogens is 342 g/mol. The van der Waals surface area contributed by atoms with E-state index >= 15 is 0 Å². The molecule has 0 saturated heterocycles. The van der Waals surface area contributed by atoms with Crippen LogP contribution in [0.5, 0.6) is 11.6 Å². The van der Waals surface area contributed by atoms with Crippen molar-refractivity contribution in [2.24, 2.45) is 5.73 Å². The summed E-state index contributed by atoms with van der Waals surface area (Å²) in [5.74, 6) is -1.63. The summed E-state index contributed by atoms with van der Waals surface area (Å²) >= 11 is 0. The molecule has 3 rings (SSSR count). The van der Waals surface area contributed by atoms with E-state index in [0.717, 1.165) is 18.2 Å². The highest BCUT2D eigenvalue weighted by atomic mass is 19.4. The summed E-state index contributed by atoms with van der Waals surface area (Å²) in [6.45, 7) is 0. The number of halogens is 4. The van der Waals surface area contributed by atoms with Crippen LogP contribution in [-0.4, -0.2) is 16.4 Å². The first-order chi connectivity index (χ1) is 11.7. The Morgan fingerprint density at radius 2 is 1.96 bits per heavy atom. The number of hydrogen-bond donors (Lipinski definition) is 2. The van der Waals surface area contributed by atoms with Gasteiger partial charge in [-0.05, 0) is 31.0 Å². The largest absolute Gasteiger partial charge is 0.436 e. The fourth-order valence-electron chi connectivity index (χ4n) is 2.00. The standard InChI is InChI=1S/C16H13F4N3O2/c17-11-7-10(23-14(24)15(21)5-6-15)2-3-12(11)25-13-4-1-9(8-22-13)16(18,19)20/h1-4,7-8H,5-6,21H2,(H,23,24). The smallest absolute Gasteiger partial charge is 0.417 e. The van der Waals surface area contributed by atoms with E-state index in [9.17, 15) is 22.4 Å². The summed E-state index contributed by atoms with van der Waals surface area (Å²) < 4.78 is 56.6. The molecule has 1 aliphatic carbocycles. The first-order valence-electron chi connectivity index (χ1n) is 7.28. The number of aromatic nitrogens is 1. The summed E-state index contributed by atoms with van der Waals surface area (Å²) in [7, 11) is 0. The van der Waals surface area contributed by atoms with Gasteiger partial charge in [-0.3, -0.25) is 4.79 Å². The number of amides is 1. The van der Waals surface area contributed by atoms with Crippen molar-refractivity contribution in [1.29, 1.82) is 0 Å². The van der Waals surface area contributed by atoms with Crippen LogP contribution in [0.2, 0.25) is 0 Å². The highest BCUT2D eigenvalue weighted by molar-refractivity contribution is 6.00. The predicted molar refractivity (Wildman–Crippen MR) is 80.5 cm³/mol. The first-order valence-corrected chi connectivity index (χ1v) is 7.28. The molecule has 25 heavy (non-hydrogen) atoms. The summed E-state index contributed by atoms with van der Waals surface area (Å²) in [4.78, 5) is 15.3.